The van der Waals surface area contributed by atoms with Crippen molar-refractivity contribution in [2.75, 3.05) is 31.5 Å². The van der Waals surface area contributed by atoms with Crippen LogP contribution in [-0.2, 0) is 23.2 Å². The van der Waals surface area contributed by atoms with Gasteiger partial charge in [0.2, 0.25) is 11.8 Å². The SMILES string of the molecule is CCC(=O)Nc1ccc2c(c1)nc(CN1CCN(C(=O)CC)CC1)n2C. The third-order valence-electron chi connectivity index (χ3n) is 4.97. The van der Waals surface area contributed by atoms with E-state index >= 15 is 0 Å². The Bertz CT molecular complexity index is 806. The fourth-order valence-corrected chi connectivity index (χ4v) is 3.30. The van der Waals surface area contributed by atoms with Crippen LogP contribution in [0.2, 0.25) is 0 Å². The molecule has 0 bridgehead atoms. The number of piperazine rings is 1. The number of aryl methyl sites for hydroxylation is 1. The quantitative estimate of drug-likeness (QED) is 0.888. The third kappa shape index (κ3) is 3.88. The van der Waals surface area contributed by atoms with Crippen molar-refractivity contribution in [1.82, 2.24) is 19.4 Å². The highest BCUT2D eigenvalue weighted by Crippen LogP contribution is 2.21. The summed E-state index contributed by atoms with van der Waals surface area (Å²) < 4.78 is 2.10. The Balaban J connectivity index is 1.70. The Labute approximate surface area is 154 Å². The Morgan fingerprint density at radius 1 is 1.12 bits per heavy atom. The van der Waals surface area contributed by atoms with Gasteiger partial charge in [-0.3, -0.25) is 14.5 Å². The van der Waals surface area contributed by atoms with E-state index in [1.807, 2.05) is 44.0 Å². The van der Waals surface area contributed by atoms with Crippen molar-refractivity contribution in [2.24, 2.45) is 7.05 Å². The molecule has 26 heavy (non-hydrogen) atoms. The van der Waals surface area contributed by atoms with Crippen LogP contribution in [0.15, 0.2) is 18.2 Å². The van der Waals surface area contributed by atoms with Crippen molar-refractivity contribution in [3.05, 3.63) is 24.0 Å². The van der Waals surface area contributed by atoms with Crippen molar-refractivity contribution >= 4 is 28.5 Å². The zero-order chi connectivity index (χ0) is 18.7. The molecule has 3 rings (SSSR count). The molecule has 2 heterocycles. The molecule has 0 saturated carbocycles. The van der Waals surface area contributed by atoms with Gasteiger partial charge in [-0.15, -0.1) is 0 Å². The van der Waals surface area contributed by atoms with Crippen LogP contribution in [0.3, 0.4) is 0 Å². The first-order chi connectivity index (χ1) is 12.5. The summed E-state index contributed by atoms with van der Waals surface area (Å²) in [6.45, 7) is 7.80. The number of anilines is 1. The first-order valence-corrected chi connectivity index (χ1v) is 9.27. The minimum Gasteiger partial charge on any atom is -0.340 e. The van der Waals surface area contributed by atoms with Gasteiger partial charge in [0.15, 0.2) is 0 Å². The van der Waals surface area contributed by atoms with Gasteiger partial charge in [-0.1, -0.05) is 13.8 Å². The number of aromatic nitrogens is 2. The molecule has 7 heteroatoms. The van der Waals surface area contributed by atoms with Crippen LogP contribution in [0.1, 0.15) is 32.5 Å². The normalized spacial score (nSPS) is 15.4. The first kappa shape index (κ1) is 18.4. The van der Waals surface area contributed by atoms with Gasteiger partial charge in [0.25, 0.3) is 0 Å². The van der Waals surface area contributed by atoms with E-state index in [2.05, 4.69) is 14.8 Å². The third-order valence-corrected chi connectivity index (χ3v) is 4.97. The number of rotatable bonds is 5. The Morgan fingerprint density at radius 2 is 1.85 bits per heavy atom. The molecular weight excluding hydrogens is 330 g/mol. The lowest BCUT2D eigenvalue weighted by atomic mass is 10.2. The maximum absolute atomic E-state index is 11.8. The highest BCUT2D eigenvalue weighted by atomic mass is 16.2. The van der Waals surface area contributed by atoms with Gasteiger partial charge in [0.05, 0.1) is 17.6 Å². The molecular formula is C19H27N5O2. The van der Waals surface area contributed by atoms with E-state index in [9.17, 15) is 9.59 Å². The van der Waals surface area contributed by atoms with E-state index < -0.39 is 0 Å². The fourth-order valence-electron chi connectivity index (χ4n) is 3.30. The number of imidazole rings is 1. The molecule has 0 spiro atoms. The smallest absolute Gasteiger partial charge is 0.224 e. The molecule has 1 saturated heterocycles. The number of nitrogens with zero attached hydrogens (tertiary/aromatic N) is 4. The second-order valence-electron chi connectivity index (χ2n) is 6.70. The molecule has 0 radical (unpaired) electrons. The summed E-state index contributed by atoms with van der Waals surface area (Å²) in [4.78, 5) is 32.4. The average Bonchev–Trinajstić information content (AvgIpc) is 2.96. The average molecular weight is 357 g/mol. The maximum Gasteiger partial charge on any atom is 0.224 e. The van der Waals surface area contributed by atoms with Gasteiger partial charge in [0.1, 0.15) is 5.82 Å². The van der Waals surface area contributed by atoms with Crippen molar-refractivity contribution < 1.29 is 9.59 Å². The van der Waals surface area contributed by atoms with Gasteiger partial charge in [-0.25, -0.2) is 4.98 Å². The zero-order valence-corrected chi connectivity index (χ0v) is 15.8. The lowest BCUT2D eigenvalue weighted by Crippen LogP contribution is -2.48. The summed E-state index contributed by atoms with van der Waals surface area (Å²) in [5.41, 5.74) is 2.71. The van der Waals surface area contributed by atoms with E-state index in [1.54, 1.807) is 0 Å². The minimum absolute atomic E-state index is 0.00000179. The molecule has 1 N–H and O–H groups in total. The molecule has 140 valence electrons. The lowest BCUT2D eigenvalue weighted by Gasteiger charge is -2.34. The van der Waals surface area contributed by atoms with Crippen LogP contribution in [0.4, 0.5) is 5.69 Å². The van der Waals surface area contributed by atoms with Crippen molar-refractivity contribution in [3.63, 3.8) is 0 Å². The number of nitrogens with one attached hydrogen (secondary N) is 1. The number of fused-ring (bicyclic) bond motifs is 1. The number of benzene rings is 1. The highest BCUT2D eigenvalue weighted by Gasteiger charge is 2.21. The van der Waals surface area contributed by atoms with Gasteiger partial charge in [-0.05, 0) is 18.2 Å². The van der Waals surface area contributed by atoms with Crippen LogP contribution in [0.25, 0.3) is 11.0 Å². The van der Waals surface area contributed by atoms with E-state index in [0.717, 1.165) is 55.3 Å². The highest BCUT2D eigenvalue weighted by molar-refractivity contribution is 5.92. The van der Waals surface area contributed by atoms with Crippen LogP contribution in [0.5, 0.6) is 0 Å². The number of carbonyl (C=O) groups excluding carboxylic acids is 2. The number of hydrogen-bond donors (Lipinski definition) is 1. The van der Waals surface area contributed by atoms with E-state index in [4.69, 9.17) is 4.98 Å². The summed E-state index contributed by atoms with van der Waals surface area (Å²) in [6, 6.07) is 5.83. The second-order valence-corrected chi connectivity index (χ2v) is 6.70. The molecule has 0 unspecified atom stereocenters. The van der Waals surface area contributed by atoms with Crippen LogP contribution in [0, 0.1) is 0 Å². The molecule has 1 aromatic carbocycles. The topological polar surface area (TPSA) is 70.5 Å². The van der Waals surface area contributed by atoms with Gasteiger partial charge < -0.3 is 14.8 Å². The number of amides is 2. The molecule has 1 aliphatic rings. The Hall–Kier alpha value is -2.41. The van der Waals surface area contributed by atoms with E-state index in [1.165, 1.54) is 0 Å². The predicted octanol–water partition coefficient (Wildman–Crippen LogP) is 1.98. The molecule has 0 atom stereocenters. The zero-order valence-electron chi connectivity index (χ0n) is 15.8. The second kappa shape index (κ2) is 7.86. The van der Waals surface area contributed by atoms with E-state index in [0.29, 0.717) is 12.8 Å². The van der Waals surface area contributed by atoms with Crippen LogP contribution in [-0.4, -0.2) is 57.3 Å². The molecule has 1 aromatic heterocycles. The van der Waals surface area contributed by atoms with Gasteiger partial charge in [0, 0.05) is 51.8 Å². The number of hydrogen-bond acceptors (Lipinski definition) is 4. The number of carbonyl (C=O) groups is 2. The predicted molar refractivity (Wildman–Crippen MR) is 102 cm³/mol. The largest absolute Gasteiger partial charge is 0.340 e. The van der Waals surface area contributed by atoms with Crippen molar-refractivity contribution in [1.29, 1.82) is 0 Å². The Morgan fingerprint density at radius 3 is 2.50 bits per heavy atom. The fraction of sp³-hybridized carbons (Fsp3) is 0.526. The first-order valence-electron chi connectivity index (χ1n) is 9.27. The van der Waals surface area contributed by atoms with E-state index in [-0.39, 0.29) is 11.8 Å². The summed E-state index contributed by atoms with van der Waals surface area (Å²) in [6.07, 6.45) is 1.03. The minimum atomic E-state index is 0.00000179. The Kier molecular flexibility index (Phi) is 5.56. The molecule has 2 aromatic rings. The summed E-state index contributed by atoms with van der Waals surface area (Å²) in [7, 11) is 2.02. The van der Waals surface area contributed by atoms with Crippen molar-refractivity contribution in [2.45, 2.75) is 33.2 Å². The molecule has 1 aliphatic heterocycles. The maximum atomic E-state index is 11.8. The summed E-state index contributed by atoms with van der Waals surface area (Å²) >= 11 is 0. The standard InChI is InChI=1S/C19H27N5O2/c1-4-18(25)20-14-6-7-16-15(12-14)21-17(22(16)3)13-23-8-10-24(11-9-23)19(26)5-2/h6-7,12H,4-5,8-11,13H2,1-3H3,(H,20,25). The summed E-state index contributed by atoms with van der Waals surface area (Å²) in [5.74, 6) is 1.23. The van der Waals surface area contributed by atoms with Crippen LogP contribution < -0.4 is 5.32 Å². The molecule has 1 fully saturated rings. The van der Waals surface area contributed by atoms with Gasteiger partial charge in [-0.2, -0.15) is 0 Å². The molecule has 7 nitrogen and oxygen atoms in total. The van der Waals surface area contributed by atoms with Crippen molar-refractivity contribution in [3.8, 4) is 0 Å². The lowest BCUT2D eigenvalue weighted by molar-refractivity contribution is -0.132. The van der Waals surface area contributed by atoms with Gasteiger partial charge >= 0.3 is 0 Å². The summed E-state index contributed by atoms with van der Waals surface area (Å²) in [5, 5.41) is 2.88. The molecule has 0 aliphatic carbocycles. The van der Waals surface area contributed by atoms with Crippen LogP contribution >= 0.6 is 0 Å². The monoisotopic (exact) mass is 357 g/mol. The molecule has 2 amide bonds.